The number of carbonyl (C=O) groups excluding carboxylic acids is 1. The lowest BCUT2D eigenvalue weighted by Crippen LogP contribution is -2.23. The molecule has 2 aromatic heterocycles. The Bertz CT molecular complexity index is 818. The molecule has 5 nitrogen and oxygen atoms in total. The number of nitrogens with one attached hydrogen (secondary N) is 1. The fourth-order valence-corrected chi connectivity index (χ4v) is 2.79. The largest absolute Gasteiger partial charge is 0.486 e. The molecule has 0 saturated heterocycles. The summed E-state index contributed by atoms with van der Waals surface area (Å²) in [6, 6.07) is 13.4. The Labute approximate surface area is 144 Å². The zero-order valence-corrected chi connectivity index (χ0v) is 14.0. The zero-order chi connectivity index (χ0) is 16.8. The highest BCUT2D eigenvalue weighted by atomic mass is 32.1. The van der Waals surface area contributed by atoms with Crippen molar-refractivity contribution < 1.29 is 9.53 Å². The minimum absolute atomic E-state index is 0.209. The molecule has 6 heteroatoms. The number of amides is 1. The quantitative estimate of drug-likeness (QED) is 0.748. The molecule has 122 valence electrons. The number of pyridine rings is 1. The summed E-state index contributed by atoms with van der Waals surface area (Å²) in [4.78, 5) is 20.6. The number of aromatic nitrogens is 2. The molecular formula is C18H17N3O2S. The normalized spacial score (nSPS) is 10.4. The van der Waals surface area contributed by atoms with Crippen molar-refractivity contribution in [2.24, 2.45) is 0 Å². The molecule has 0 spiro atoms. The van der Waals surface area contributed by atoms with Gasteiger partial charge >= 0.3 is 0 Å². The molecule has 1 amide bonds. The van der Waals surface area contributed by atoms with E-state index in [-0.39, 0.29) is 5.91 Å². The fourth-order valence-electron chi connectivity index (χ4n) is 2.10. The topological polar surface area (TPSA) is 64.1 Å². The van der Waals surface area contributed by atoms with Crippen molar-refractivity contribution in [3.05, 3.63) is 76.0 Å². The number of nitrogens with zero attached hydrogens (tertiary/aromatic N) is 2. The molecule has 0 bridgehead atoms. The summed E-state index contributed by atoms with van der Waals surface area (Å²) in [5, 5.41) is 5.32. The number of aryl methyl sites for hydroxylation is 1. The second-order valence-corrected chi connectivity index (χ2v) is 6.13. The molecule has 0 saturated carbocycles. The number of rotatable bonds is 6. The third-order valence-corrected chi connectivity index (χ3v) is 4.21. The van der Waals surface area contributed by atoms with Crippen molar-refractivity contribution in [3.8, 4) is 5.75 Å². The van der Waals surface area contributed by atoms with Crippen molar-refractivity contribution >= 4 is 17.2 Å². The lowest BCUT2D eigenvalue weighted by Gasteiger charge is -2.06. The third kappa shape index (κ3) is 4.17. The van der Waals surface area contributed by atoms with Gasteiger partial charge in [-0.3, -0.25) is 9.78 Å². The summed E-state index contributed by atoms with van der Waals surface area (Å²) in [7, 11) is 0. The summed E-state index contributed by atoms with van der Waals surface area (Å²) in [6.45, 7) is 2.73. The average Bonchev–Trinajstić information content (AvgIpc) is 3.09. The molecule has 0 aliphatic heterocycles. The smallest absolute Gasteiger partial charge is 0.271 e. The van der Waals surface area contributed by atoms with Gasteiger partial charge in [0.05, 0.1) is 12.2 Å². The van der Waals surface area contributed by atoms with Gasteiger partial charge in [-0.1, -0.05) is 24.3 Å². The summed E-state index contributed by atoms with van der Waals surface area (Å²) in [5.74, 6) is 0.618. The van der Waals surface area contributed by atoms with E-state index in [0.29, 0.717) is 18.8 Å². The highest BCUT2D eigenvalue weighted by Gasteiger charge is 2.11. The Hall–Kier alpha value is -2.73. The Morgan fingerprint density at radius 2 is 2.04 bits per heavy atom. The molecule has 0 aliphatic rings. The number of thiazole rings is 1. The molecule has 0 fully saturated rings. The summed E-state index contributed by atoms with van der Waals surface area (Å²) >= 11 is 1.41. The first-order valence-electron chi connectivity index (χ1n) is 7.53. The lowest BCUT2D eigenvalue weighted by atomic mass is 10.2. The van der Waals surface area contributed by atoms with Gasteiger partial charge in [0, 0.05) is 11.6 Å². The van der Waals surface area contributed by atoms with Crippen LogP contribution in [0.4, 0.5) is 0 Å². The van der Waals surface area contributed by atoms with E-state index in [1.54, 1.807) is 11.6 Å². The van der Waals surface area contributed by atoms with Crippen LogP contribution in [0.15, 0.2) is 54.0 Å². The van der Waals surface area contributed by atoms with Crippen LogP contribution in [0, 0.1) is 6.92 Å². The van der Waals surface area contributed by atoms with Gasteiger partial charge in [0.25, 0.3) is 5.91 Å². The van der Waals surface area contributed by atoms with Crippen LogP contribution in [-0.4, -0.2) is 15.9 Å². The van der Waals surface area contributed by atoms with Gasteiger partial charge in [-0.05, 0) is 30.7 Å². The van der Waals surface area contributed by atoms with Crippen LogP contribution in [0.2, 0.25) is 0 Å². The van der Waals surface area contributed by atoms with Crippen LogP contribution in [0.5, 0.6) is 5.75 Å². The fraction of sp³-hybridized carbons (Fsp3) is 0.167. The van der Waals surface area contributed by atoms with Gasteiger partial charge in [0.15, 0.2) is 0 Å². The third-order valence-electron chi connectivity index (χ3n) is 3.39. The minimum atomic E-state index is -0.209. The van der Waals surface area contributed by atoms with Gasteiger partial charge < -0.3 is 10.1 Å². The van der Waals surface area contributed by atoms with Gasteiger partial charge in [0.2, 0.25) is 0 Å². The second kappa shape index (κ2) is 7.70. The Kier molecular flexibility index (Phi) is 5.18. The van der Waals surface area contributed by atoms with Gasteiger partial charge in [-0.2, -0.15) is 0 Å². The highest BCUT2D eigenvalue weighted by Crippen LogP contribution is 2.19. The standard InChI is InChI=1S/C18H17N3O2S/c1-13-6-2-3-8-16(13)23-11-17-21-15(12-24-17)18(22)20-10-14-7-4-5-9-19-14/h2-9,12H,10-11H2,1H3,(H,20,22). The molecule has 0 atom stereocenters. The molecule has 24 heavy (non-hydrogen) atoms. The van der Waals surface area contributed by atoms with Crippen molar-refractivity contribution in [2.75, 3.05) is 0 Å². The maximum Gasteiger partial charge on any atom is 0.271 e. The number of para-hydroxylation sites is 1. The van der Waals surface area contributed by atoms with E-state index < -0.39 is 0 Å². The number of ether oxygens (including phenoxy) is 1. The first-order chi connectivity index (χ1) is 11.7. The Morgan fingerprint density at radius 3 is 2.83 bits per heavy atom. The van der Waals surface area contributed by atoms with Crippen molar-refractivity contribution in [1.82, 2.24) is 15.3 Å². The molecule has 0 unspecified atom stereocenters. The number of hydrogen-bond acceptors (Lipinski definition) is 5. The predicted octanol–water partition coefficient (Wildman–Crippen LogP) is 3.36. The maximum absolute atomic E-state index is 12.1. The monoisotopic (exact) mass is 339 g/mol. The average molecular weight is 339 g/mol. The van der Waals surface area contributed by atoms with Crippen LogP contribution in [0.3, 0.4) is 0 Å². The van der Waals surface area contributed by atoms with Crippen LogP contribution in [-0.2, 0) is 13.2 Å². The second-order valence-electron chi connectivity index (χ2n) is 5.18. The zero-order valence-electron chi connectivity index (χ0n) is 13.2. The van der Waals surface area contributed by atoms with Crippen LogP contribution >= 0.6 is 11.3 Å². The Morgan fingerprint density at radius 1 is 1.21 bits per heavy atom. The molecule has 2 heterocycles. The van der Waals surface area contributed by atoms with E-state index in [0.717, 1.165) is 22.0 Å². The van der Waals surface area contributed by atoms with Crippen molar-refractivity contribution in [1.29, 1.82) is 0 Å². The van der Waals surface area contributed by atoms with Crippen LogP contribution in [0.25, 0.3) is 0 Å². The molecule has 0 radical (unpaired) electrons. The van der Waals surface area contributed by atoms with Crippen LogP contribution in [0.1, 0.15) is 26.8 Å². The number of hydrogen-bond donors (Lipinski definition) is 1. The summed E-state index contributed by atoms with van der Waals surface area (Å²) in [6.07, 6.45) is 1.70. The van der Waals surface area contributed by atoms with E-state index in [9.17, 15) is 4.79 Å². The summed E-state index contributed by atoms with van der Waals surface area (Å²) in [5.41, 5.74) is 2.28. The number of benzene rings is 1. The van der Waals surface area contributed by atoms with E-state index >= 15 is 0 Å². The maximum atomic E-state index is 12.1. The van der Waals surface area contributed by atoms with E-state index in [1.165, 1.54) is 11.3 Å². The van der Waals surface area contributed by atoms with E-state index in [1.807, 2.05) is 49.4 Å². The molecule has 3 aromatic rings. The first kappa shape index (κ1) is 16.1. The van der Waals surface area contributed by atoms with Gasteiger partial charge in [-0.25, -0.2) is 4.98 Å². The molecular weight excluding hydrogens is 322 g/mol. The number of carbonyl (C=O) groups is 1. The van der Waals surface area contributed by atoms with Gasteiger partial charge in [0.1, 0.15) is 23.1 Å². The lowest BCUT2D eigenvalue weighted by molar-refractivity contribution is 0.0946. The van der Waals surface area contributed by atoms with E-state index in [4.69, 9.17) is 4.74 Å². The molecule has 0 aliphatic carbocycles. The van der Waals surface area contributed by atoms with Crippen LogP contribution < -0.4 is 10.1 Å². The SMILES string of the molecule is Cc1ccccc1OCc1nc(C(=O)NCc2ccccn2)cs1. The predicted molar refractivity (Wildman–Crippen MR) is 93.0 cm³/mol. The van der Waals surface area contributed by atoms with Gasteiger partial charge in [-0.15, -0.1) is 11.3 Å². The Balaban J connectivity index is 1.55. The molecule has 1 aromatic carbocycles. The molecule has 3 rings (SSSR count). The van der Waals surface area contributed by atoms with Crippen molar-refractivity contribution in [2.45, 2.75) is 20.1 Å². The molecule has 1 N–H and O–H groups in total. The van der Waals surface area contributed by atoms with Crippen molar-refractivity contribution in [3.63, 3.8) is 0 Å². The van der Waals surface area contributed by atoms with E-state index in [2.05, 4.69) is 15.3 Å². The minimum Gasteiger partial charge on any atom is -0.486 e. The summed E-state index contributed by atoms with van der Waals surface area (Å²) < 4.78 is 5.75. The highest BCUT2D eigenvalue weighted by molar-refractivity contribution is 7.09. The first-order valence-corrected chi connectivity index (χ1v) is 8.41.